The van der Waals surface area contributed by atoms with Crippen LogP contribution < -0.4 is 10.2 Å². The molecule has 2 aliphatic heterocycles. The van der Waals surface area contributed by atoms with Crippen molar-refractivity contribution in [2.75, 3.05) is 16.8 Å². The van der Waals surface area contributed by atoms with Crippen molar-refractivity contribution >= 4 is 11.8 Å². The van der Waals surface area contributed by atoms with E-state index in [9.17, 15) is 0 Å². The summed E-state index contributed by atoms with van der Waals surface area (Å²) in [6, 6.07) is 11.8. The van der Waals surface area contributed by atoms with Crippen LogP contribution in [0, 0.1) is 6.92 Å². The van der Waals surface area contributed by atoms with Crippen LogP contribution in [0.15, 0.2) is 30.3 Å². The first kappa shape index (κ1) is 14.5. The molecule has 2 aromatic rings. The molecule has 0 amide bonds. The quantitative estimate of drug-likeness (QED) is 0.929. The van der Waals surface area contributed by atoms with Crippen LogP contribution in [-0.2, 0) is 0 Å². The van der Waals surface area contributed by atoms with Crippen LogP contribution in [-0.4, -0.2) is 22.6 Å². The summed E-state index contributed by atoms with van der Waals surface area (Å²) >= 11 is 0. The number of hydrogen-bond donors (Lipinski definition) is 1. The Labute approximate surface area is 138 Å². The van der Waals surface area contributed by atoms with E-state index in [-0.39, 0.29) is 0 Å². The lowest BCUT2D eigenvalue weighted by Crippen LogP contribution is -2.43. The summed E-state index contributed by atoms with van der Waals surface area (Å²) in [5, 5.41) is 3.34. The Morgan fingerprint density at radius 1 is 1.13 bits per heavy atom. The molecule has 1 aromatic carbocycles. The highest BCUT2D eigenvalue weighted by molar-refractivity contribution is 5.53. The van der Waals surface area contributed by atoms with Gasteiger partial charge in [0.05, 0.1) is 6.04 Å². The van der Waals surface area contributed by atoms with Gasteiger partial charge < -0.3 is 10.2 Å². The van der Waals surface area contributed by atoms with Crippen molar-refractivity contribution < 1.29 is 0 Å². The zero-order valence-corrected chi connectivity index (χ0v) is 14.1. The van der Waals surface area contributed by atoms with Crippen LogP contribution in [0.4, 0.5) is 11.8 Å². The third-order valence-electron chi connectivity index (χ3n) is 4.93. The van der Waals surface area contributed by atoms with Crippen LogP contribution in [0.5, 0.6) is 0 Å². The van der Waals surface area contributed by atoms with Gasteiger partial charge in [0.15, 0.2) is 0 Å². The first-order valence-electron chi connectivity index (χ1n) is 8.59. The van der Waals surface area contributed by atoms with Crippen molar-refractivity contribution in [2.45, 2.75) is 51.6 Å². The molecule has 1 N–H and O–H groups in total. The molecule has 2 bridgehead atoms. The van der Waals surface area contributed by atoms with Crippen molar-refractivity contribution in [3.05, 3.63) is 47.2 Å². The van der Waals surface area contributed by atoms with Gasteiger partial charge in [-0.1, -0.05) is 24.3 Å². The maximum absolute atomic E-state index is 4.79. The molecular formula is C19H24N4. The normalized spacial score (nSPS) is 22.3. The average molecular weight is 308 g/mol. The van der Waals surface area contributed by atoms with Gasteiger partial charge in [-0.25, -0.2) is 4.98 Å². The Hall–Kier alpha value is -2.10. The highest BCUT2D eigenvalue weighted by Crippen LogP contribution is 2.47. The molecule has 2 atom stereocenters. The summed E-state index contributed by atoms with van der Waals surface area (Å²) in [6.45, 7) is 7.35. The maximum atomic E-state index is 4.79. The lowest BCUT2D eigenvalue weighted by atomic mass is 9.75. The van der Waals surface area contributed by atoms with Crippen molar-refractivity contribution in [1.29, 1.82) is 0 Å². The summed E-state index contributed by atoms with van der Waals surface area (Å²) in [6.07, 6.45) is 2.51. The smallest absolute Gasteiger partial charge is 0.225 e. The minimum absolute atomic E-state index is 0.336. The van der Waals surface area contributed by atoms with E-state index >= 15 is 0 Å². The van der Waals surface area contributed by atoms with Gasteiger partial charge in [-0.05, 0) is 44.7 Å². The van der Waals surface area contributed by atoms with Gasteiger partial charge in [-0.15, -0.1) is 0 Å². The molecule has 23 heavy (non-hydrogen) atoms. The topological polar surface area (TPSA) is 41.1 Å². The average Bonchev–Trinajstić information content (AvgIpc) is 2.54. The highest BCUT2D eigenvalue weighted by Gasteiger charge is 2.38. The molecule has 1 aromatic heterocycles. The second kappa shape index (κ2) is 5.52. The van der Waals surface area contributed by atoms with E-state index in [1.54, 1.807) is 5.56 Å². The zero-order valence-electron chi connectivity index (χ0n) is 14.1. The maximum Gasteiger partial charge on any atom is 0.225 e. The van der Waals surface area contributed by atoms with Crippen molar-refractivity contribution in [3.8, 4) is 0 Å². The molecule has 1 fully saturated rings. The molecule has 1 saturated heterocycles. The molecule has 4 heteroatoms. The summed E-state index contributed by atoms with van der Waals surface area (Å²) in [7, 11) is 0. The fourth-order valence-corrected chi connectivity index (χ4v) is 4.01. The van der Waals surface area contributed by atoms with E-state index in [4.69, 9.17) is 4.98 Å². The number of piperidine rings is 1. The number of nitrogens with zero attached hydrogens (tertiary/aromatic N) is 3. The van der Waals surface area contributed by atoms with Crippen LogP contribution >= 0.6 is 0 Å². The number of anilines is 2. The van der Waals surface area contributed by atoms with Gasteiger partial charge in [0.2, 0.25) is 5.95 Å². The van der Waals surface area contributed by atoms with E-state index in [2.05, 4.69) is 59.4 Å². The number of aryl methyl sites for hydroxylation is 1. The predicted octanol–water partition coefficient (Wildman–Crippen LogP) is 4.04. The number of hydrogen-bond acceptors (Lipinski definition) is 4. The lowest BCUT2D eigenvalue weighted by molar-refractivity contribution is 0.387. The fourth-order valence-electron chi connectivity index (χ4n) is 4.01. The number of benzene rings is 1. The van der Waals surface area contributed by atoms with E-state index < -0.39 is 0 Å². The van der Waals surface area contributed by atoms with Crippen molar-refractivity contribution in [1.82, 2.24) is 9.97 Å². The lowest BCUT2D eigenvalue weighted by Gasteiger charge is -2.47. The monoisotopic (exact) mass is 308 g/mol. The Morgan fingerprint density at radius 2 is 1.91 bits per heavy atom. The predicted molar refractivity (Wildman–Crippen MR) is 94.0 cm³/mol. The van der Waals surface area contributed by atoms with Crippen LogP contribution in [0.3, 0.4) is 0 Å². The molecule has 0 unspecified atom stereocenters. The molecule has 1 aliphatic carbocycles. The second-order valence-electron chi connectivity index (χ2n) is 7.06. The molecule has 3 heterocycles. The zero-order chi connectivity index (χ0) is 16.0. The first-order valence-corrected chi connectivity index (χ1v) is 8.59. The minimum atomic E-state index is 0.336. The van der Waals surface area contributed by atoms with Gasteiger partial charge in [-0.2, -0.15) is 4.98 Å². The number of fused-ring (bicyclic) bond motifs is 2. The molecule has 3 aliphatic rings. The molecule has 120 valence electrons. The Bertz CT molecular complexity index is 725. The fraction of sp³-hybridized carbons (Fsp3) is 0.474. The Kier molecular flexibility index (Phi) is 3.47. The summed E-state index contributed by atoms with van der Waals surface area (Å²) in [4.78, 5) is 11.8. The number of aromatic nitrogens is 2. The van der Waals surface area contributed by atoms with Gasteiger partial charge in [0, 0.05) is 30.3 Å². The second-order valence-corrected chi connectivity index (χ2v) is 7.06. The van der Waals surface area contributed by atoms with Crippen molar-refractivity contribution in [3.63, 3.8) is 0 Å². The summed E-state index contributed by atoms with van der Waals surface area (Å²) in [5.41, 5.74) is 4.06. The largest absolute Gasteiger partial charge is 0.352 e. The summed E-state index contributed by atoms with van der Waals surface area (Å²) in [5.74, 6) is 2.43. The third kappa shape index (κ3) is 2.56. The van der Waals surface area contributed by atoms with Gasteiger partial charge in [0.1, 0.15) is 5.82 Å². The number of nitrogens with one attached hydrogen (secondary N) is 1. The van der Waals surface area contributed by atoms with Gasteiger partial charge in [0.25, 0.3) is 0 Å². The van der Waals surface area contributed by atoms with Crippen LogP contribution in [0.2, 0.25) is 0 Å². The van der Waals surface area contributed by atoms with Crippen LogP contribution in [0.1, 0.15) is 55.5 Å². The van der Waals surface area contributed by atoms with Crippen LogP contribution in [0.25, 0.3) is 0 Å². The summed E-state index contributed by atoms with van der Waals surface area (Å²) < 4.78 is 0. The Morgan fingerprint density at radius 3 is 2.70 bits per heavy atom. The van der Waals surface area contributed by atoms with E-state index in [1.165, 1.54) is 18.4 Å². The first-order chi connectivity index (χ1) is 11.1. The SMILES string of the molecule is Cc1cc(N2C[C@H]3CC[C@H]2c2ccccc23)nc(NC(C)C)n1. The Balaban J connectivity index is 1.71. The minimum Gasteiger partial charge on any atom is -0.352 e. The highest BCUT2D eigenvalue weighted by atomic mass is 15.3. The standard InChI is InChI=1S/C19H24N4/c1-12(2)20-19-21-13(3)10-18(22-19)23-11-14-8-9-17(23)16-7-5-4-6-15(14)16/h4-7,10,12,14,17H,8-9,11H2,1-3H3,(H,20,21,22)/t14-,17+/m1/s1. The van der Waals surface area contributed by atoms with E-state index in [0.29, 0.717) is 18.0 Å². The van der Waals surface area contributed by atoms with E-state index in [0.717, 1.165) is 24.0 Å². The molecule has 0 spiro atoms. The van der Waals surface area contributed by atoms with Crippen molar-refractivity contribution in [2.24, 2.45) is 0 Å². The number of rotatable bonds is 3. The molecule has 0 radical (unpaired) electrons. The molecular weight excluding hydrogens is 284 g/mol. The van der Waals surface area contributed by atoms with Gasteiger partial charge >= 0.3 is 0 Å². The van der Waals surface area contributed by atoms with E-state index in [1.807, 2.05) is 6.92 Å². The molecule has 5 rings (SSSR count). The molecule has 0 saturated carbocycles. The van der Waals surface area contributed by atoms with Gasteiger partial charge in [-0.3, -0.25) is 0 Å². The molecule has 4 nitrogen and oxygen atoms in total. The third-order valence-corrected chi connectivity index (χ3v) is 4.93.